The first kappa shape index (κ1) is 34.9. The molecule has 1 aromatic rings. The van der Waals surface area contributed by atoms with Gasteiger partial charge in [-0.2, -0.15) is 0 Å². The van der Waals surface area contributed by atoms with Crippen LogP contribution in [0.2, 0.25) is 0 Å². The monoisotopic (exact) mass is 565 g/mol. The van der Waals surface area contributed by atoms with Crippen molar-refractivity contribution in [2.75, 3.05) is 6.61 Å². The highest BCUT2D eigenvalue weighted by Gasteiger charge is 2.25. The molecule has 0 saturated carbocycles. The van der Waals surface area contributed by atoms with Crippen LogP contribution in [0, 0.1) is 29.6 Å². The number of nitrogens with two attached hydrogens (primary N) is 1. The maximum absolute atomic E-state index is 12.7. The molecule has 0 aromatic heterocycles. The van der Waals surface area contributed by atoms with Crippen LogP contribution < -0.4 is 15.2 Å². The lowest BCUT2D eigenvalue weighted by Crippen LogP contribution is -2.36. The number of rotatable bonds is 14. The lowest BCUT2D eigenvalue weighted by molar-refractivity contribution is -0.148. The molecule has 3 unspecified atom stereocenters. The second-order valence-electron chi connectivity index (χ2n) is 11.4. The Morgan fingerprint density at radius 2 is 1.23 bits per heavy atom. The van der Waals surface area contributed by atoms with E-state index < -0.39 is 42.1 Å². The van der Waals surface area contributed by atoms with Crippen molar-refractivity contribution in [2.45, 2.75) is 93.9 Å². The van der Waals surface area contributed by atoms with Crippen LogP contribution in [-0.2, 0) is 35.0 Å². The lowest BCUT2D eigenvalue weighted by atomic mass is 9.98. The predicted octanol–water partition coefficient (Wildman–Crippen LogP) is 5.08. The number of hydrogen-bond donors (Lipinski definition) is 1. The van der Waals surface area contributed by atoms with Gasteiger partial charge in [0.1, 0.15) is 24.9 Å². The number of benzene rings is 1. The summed E-state index contributed by atoms with van der Waals surface area (Å²) >= 11 is 0. The van der Waals surface area contributed by atoms with E-state index in [1.165, 1.54) is 12.1 Å². The van der Waals surface area contributed by atoms with Gasteiger partial charge in [0.2, 0.25) is 0 Å². The summed E-state index contributed by atoms with van der Waals surface area (Å²) in [6.45, 7) is 18.1. The second kappa shape index (κ2) is 16.2. The average molecular weight is 566 g/mol. The quantitative estimate of drug-likeness (QED) is 0.240. The number of carbonyl (C=O) groups is 4. The van der Waals surface area contributed by atoms with Crippen LogP contribution in [-0.4, -0.2) is 48.9 Å². The van der Waals surface area contributed by atoms with Crippen LogP contribution in [0.4, 0.5) is 4.79 Å². The maximum atomic E-state index is 12.7. The van der Waals surface area contributed by atoms with Crippen molar-refractivity contribution in [1.29, 1.82) is 0 Å². The van der Waals surface area contributed by atoms with Crippen LogP contribution in [0.15, 0.2) is 18.2 Å². The third-order valence-corrected chi connectivity index (χ3v) is 6.91. The molecule has 0 heterocycles. The molecule has 10 heteroatoms. The van der Waals surface area contributed by atoms with Crippen LogP contribution >= 0.6 is 0 Å². The molecule has 0 saturated heterocycles. The summed E-state index contributed by atoms with van der Waals surface area (Å²) in [5.41, 5.74) is 6.63. The summed E-state index contributed by atoms with van der Waals surface area (Å²) in [6.07, 6.45) is -1.84. The van der Waals surface area contributed by atoms with E-state index in [9.17, 15) is 19.2 Å². The van der Waals surface area contributed by atoms with Gasteiger partial charge >= 0.3 is 24.1 Å². The van der Waals surface area contributed by atoms with Gasteiger partial charge in [-0.05, 0) is 55.7 Å². The topological polar surface area (TPSA) is 140 Å². The molecular weight excluding hydrogens is 518 g/mol. The highest BCUT2D eigenvalue weighted by Crippen LogP contribution is 2.31. The van der Waals surface area contributed by atoms with Gasteiger partial charge in [-0.3, -0.25) is 14.4 Å². The van der Waals surface area contributed by atoms with Gasteiger partial charge < -0.3 is 29.4 Å². The molecule has 0 radical (unpaired) electrons. The molecule has 0 aliphatic heterocycles. The Hall–Kier alpha value is -3.14. The molecule has 2 N–H and O–H groups in total. The van der Waals surface area contributed by atoms with Crippen LogP contribution in [0.5, 0.6) is 11.5 Å². The summed E-state index contributed by atoms with van der Waals surface area (Å²) in [7, 11) is 0. The normalized spacial score (nSPS) is 15.2. The number of ether oxygens (including phenoxy) is 5. The van der Waals surface area contributed by atoms with E-state index in [0.29, 0.717) is 5.56 Å². The van der Waals surface area contributed by atoms with Crippen LogP contribution in [0.3, 0.4) is 0 Å². The minimum Gasteiger partial charge on any atom is -0.461 e. The van der Waals surface area contributed by atoms with Crippen molar-refractivity contribution in [1.82, 2.24) is 0 Å². The molecule has 0 spiro atoms. The molecule has 0 amide bonds. The summed E-state index contributed by atoms with van der Waals surface area (Å²) in [4.78, 5) is 49.6. The molecule has 40 heavy (non-hydrogen) atoms. The molecular formula is C30H47NO9. The fourth-order valence-corrected chi connectivity index (χ4v) is 2.95. The summed E-state index contributed by atoms with van der Waals surface area (Å²) in [6, 6.07) is 3.63. The third-order valence-electron chi connectivity index (χ3n) is 6.91. The molecule has 0 aliphatic rings. The lowest BCUT2D eigenvalue weighted by Gasteiger charge is -2.20. The molecule has 1 rings (SSSR count). The molecule has 10 nitrogen and oxygen atoms in total. The van der Waals surface area contributed by atoms with E-state index in [4.69, 9.17) is 29.4 Å². The second-order valence-corrected chi connectivity index (χ2v) is 11.4. The Bertz CT molecular complexity index is 1000. The van der Waals surface area contributed by atoms with Gasteiger partial charge in [0.15, 0.2) is 11.5 Å². The highest BCUT2D eigenvalue weighted by molar-refractivity contribution is 5.79. The Balaban J connectivity index is 2.91. The van der Waals surface area contributed by atoms with Gasteiger partial charge in [0.05, 0.1) is 11.8 Å². The SMILES string of the molecule is CC(C)C(C)OC(=O)O[C@@H](C)COC(=O)[C@@H](N)Cc1ccc(OC(=O)C(C)C(C)C)c(OC(=O)C(C)C(C)C)c1. The Kier molecular flexibility index (Phi) is 14.1. The van der Waals surface area contributed by atoms with E-state index in [-0.39, 0.29) is 54.3 Å². The van der Waals surface area contributed by atoms with Crippen molar-refractivity contribution >= 4 is 24.1 Å². The third kappa shape index (κ3) is 11.5. The van der Waals surface area contributed by atoms with Crippen LogP contribution in [0.25, 0.3) is 0 Å². The van der Waals surface area contributed by atoms with Gasteiger partial charge in [-0.1, -0.05) is 61.5 Å². The first-order valence-electron chi connectivity index (χ1n) is 13.9. The number of carbonyl (C=O) groups excluding carboxylic acids is 4. The van der Waals surface area contributed by atoms with E-state index in [1.807, 2.05) is 41.5 Å². The van der Waals surface area contributed by atoms with E-state index in [2.05, 4.69) is 0 Å². The molecule has 0 fully saturated rings. The zero-order valence-electron chi connectivity index (χ0n) is 25.5. The Morgan fingerprint density at radius 1 is 0.700 bits per heavy atom. The van der Waals surface area contributed by atoms with E-state index >= 15 is 0 Å². The summed E-state index contributed by atoms with van der Waals surface area (Å²) in [5, 5.41) is 0. The summed E-state index contributed by atoms with van der Waals surface area (Å²) < 4.78 is 26.7. The number of hydrogen-bond acceptors (Lipinski definition) is 10. The van der Waals surface area contributed by atoms with Gasteiger partial charge in [0.25, 0.3) is 0 Å². The molecule has 0 aliphatic carbocycles. The predicted molar refractivity (Wildman–Crippen MR) is 150 cm³/mol. The molecule has 1 aromatic carbocycles. The first-order valence-corrected chi connectivity index (χ1v) is 13.9. The number of esters is 3. The zero-order chi connectivity index (χ0) is 30.7. The minimum atomic E-state index is -1.05. The van der Waals surface area contributed by atoms with E-state index in [1.54, 1.807) is 33.8 Å². The average Bonchev–Trinajstić information content (AvgIpc) is 2.87. The standard InChI is InChI=1S/C30H47NO9/c1-16(2)20(8)27(32)39-25-12-11-23(14-26(25)40-28(33)21(9)17(3)4)13-24(31)29(34)36-15-19(7)37-30(35)38-22(10)18(5)6/h11-12,14,16-22,24H,13,15,31H2,1-10H3/t19-,20?,21?,22?,24-/m0/s1. The first-order chi connectivity index (χ1) is 18.5. The molecule has 0 bridgehead atoms. The van der Waals surface area contributed by atoms with Crippen molar-refractivity contribution in [2.24, 2.45) is 35.3 Å². The van der Waals surface area contributed by atoms with Crippen molar-refractivity contribution < 1.29 is 42.9 Å². The zero-order valence-corrected chi connectivity index (χ0v) is 25.5. The van der Waals surface area contributed by atoms with Crippen molar-refractivity contribution in [3.05, 3.63) is 23.8 Å². The van der Waals surface area contributed by atoms with Gasteiger partial charge in [-0.25, -0.2) is 4.79 Å². The van der Waals surface area contributed by atoms with Crippen LogP contribution in [0.1, 0.15) is 74.8 Å². The Morgan fingerprint density at radius 3 is 1.73 bits per heavy atom. The fraction of sp³-hybridized carbons (Fsp3) is 0.667. The maximum Gasteiger partial charge on any atom is 0.508 e. The van der Waals surface area contributed by atoms with Crippen molar-refractivity contribution in [3.8, 4) is 11.5 Å². The largest absolute Gasteiger partial charge is 0.508 e. The van der Waals surface area contributed by atoms with Crippen molar-refractivity contribution in [3.63, 3.8) is 0 Å². The fourth-order valence-electron chi connectivity index (χ4n) is 2.95. The summed E-state index contributed by atoms with van der Waals surface area (Å²) in [5.74, 6) is -1.98. The van der Waals surface area contributed by atoms with E-state index in [0.717, 1.165) is 0 Å². The molecule has 226 valence electrons. The molecule has 5 atom stereocenters. The Labute approximate surface area is 238 Å². The van der Waals surface area contributed by atoms with Gasteiger partial charge in [0, 0.05) is 0 Å². The smallest absolute Gasteiger partial charge is 0.461 e. The highest BCUT2D eigenvalue weighted by atomic mass is 16.7. The minimum absolute atomic E-state index is 0.0395. The van der Waals surface area contributed by atoms with Gasteiger partial charge in [-0.15, -0.1) is 0 Å².